The summed E-state index contributed by atoms with van der Waals surface area (Å²) in [5.74, 6) is 0.631. The third kappa shape index (κ3) is 6.88. The first-order chi connectivity index (χ1) is 10.0. The quantitative estimate of drug-likeness (QED) is 0.362. The van der Waals surface area contributed by atoms with E-state index in [1.165, 1.54) is 11.2 Å². The van der Waals surface area contributed by atoms with Gasteiger partial charge in [0.05, 0.1) is 0 Å². The Balaban J connectivity index is 5.74. The Labute approximate surface area is 133 Å². The predicted molar refractivity (Wildman–Crippen MR) is 98.7 cm³/mol. The average molecular weight is 286 g/mol. The van der Waals surface area contributed by atoms with Crippen molar-refractivity contribution in [2.75, 3.05) is 6.54 Å². The van der Waals surface area contributed by atoms with Gasteiger partial charge in [-0.3, -0.25) is 0 Å². The van der Waals surface area contributed by atoms with E-state index in [2.05, 4.69) is 66.0 Å². The van der Waals surface area contributed by atoms with Crippen LogP contribution in [-0.2, 0) is 0 Å². The Bertz CT molecular complexity index is 362. The molecule has 0 rings (SSSR count). The Kier molecular flexibility index (Phi) is 10.8. The fourth-order valence-electron chi connectivity index (χ4n) is 2.62. The first-order valence-corrected chi connectivity index (χ1v) is 8.31. The van der Waals surface area contributed by atoms with Gasteiger partial charge >= 0.3 is 0 Å². The summed E-state index contributed by atoms with van der Waals surface area (Å²) in [5, 5.41) is 0. The highest BCUT2D eigenvalue weighted by molar-refractivity contribution is 6.46. The number of hydrogen-bond donors (Lipinski definition) is 0. The smallest absolute Gasteiger partial charge is 0.154 e. The van der Waals surface area contributed by atoms with Gasteiger partial charge < -0.3 is 4.90 Å². The maximum absolute atomic E-state index is 4.07. The topological polar surface area (TPSA) is 3.24 Å². The van der Waals surface area contributed by atoms with Crippen molar-refractivity contribution in [2.24, 2.45) is 5.92 Å². The molecule has 0 aromatic heterocycles. The molecule has 0 saturated carbocycles. The molecule has 0 amide bonds. The van der Waals surface area contributed by atoms with Crippen LogP contribution in [0.2, 0.25) is 6.32 Å². The second-order valence-corrected chi connectivity index (χ2v) is 5.77. The summed E-state index contributed by atoms with van der Waals surface area (Å²) in [5.41, 5.74) is 2.50. The molecular weight excluding hydrogens is 253 g/mol. The molecule has 0 spiro atoms. The van der Waals surface area contributed by atoms with E-state index in [9.17, 15) is 0 Å². The van der Waals surface area contributed by atoms with Gasteiger partial charge in [-0.15, -0.1) is 0 Å². The van der Waals surface area contributed by atoms with E-state index in [0.29, 0.717) is 12.0 Å². The molecule has 1 radical (unpaired) electrons. The average Bonchev–Trinajstić information content (AvgIpc) is 2.45. The standard InChI is InChI=1S/C19H33BN/c1-8-13-14-18(20-12-5)19(11-4)21(15-16(6)7)17(9-2)10-3/h8,11,13-14,16-17H,1,4,9-10,12,15H2,2-3,5-7H3/b14-13-,19-18-. The summed E-state index contributed by atoms with van der Waals surface area (Å²) in [4.78, 5) is 2.53. The van der Waals surface area contributed by atoms with Gasteiger partial charge in [-0.1, -0.05) is 77.8 Å². The van der Waals surface area contributed by atoms with Crippen molar-refractivity contribution in [3.8, 4) is 0 Å². The Morgan fingerprint density at radius 2 is 1.76 bits per heavy atom. The molecule has 2 heteroatoms. The molecule has 0 N–H and O–H groups in total. The molecule has 21 heavy (non-hydrogen) atoms. The molecule has 0 saturated heterocycles. The first-order valence-electron chi connectivity index (χ1n) is 8.31. The van der Waals surface area contributed by atoms with Crippen molar-refractivity contribution in [2.45, 2.75) is 59.8 Å². The molecular formula is C19H33BN. The molecule has 0 aromatic rings. The maximum atomic E-state index is 4.07. The van der Waals surface area contributed by atoms with Crippen LogP contribution in [0, 0.1) is 5.92 Å². The zero-order valence-corrected chi connectivity index (χ0v) is 14.7. The summed E-state index contributed by atoms with van der Waals surface area (Å²) in [6.45, 7) is 20.2. The SMILES string of the molecule is C=C/C=C\C([B]CC)=C(/C=C)N(CC(C)C)C(CC)CC. The summed E-state index contributed by atoms with van der Waals surface area (Å²) < 4.78 is 0. The van der Waals surface area contributed by atoms with Crippen LogP contribution in [0.4, 0.5) is 0 Å². The van der Waals surface area contributed by atoms with E-state index in [0.717, 1.165) is 25.7 Å². The van der Waals surface area contributed by atoms with Crippen molar-refractivity contribution in [1.29, 1.82) is 0 Å². The predicted octanol–water partition coefficient (Wildman–Crippen LogP) is 5.42. The van der Waals surface area contributed by atoms with Crippen LogP contribution in [0.15, 0.2) is 48.6 Å². The van der Waals surface area contributed by atoms with E-state index in [1.54, 1.807) is 0 Å². The van der Waals surface area contributed by atoms with Crippen LogP contribution >= 0.6 is 0 Å². The number of allylic oxidation sites excluding steroid dienone is 5. The van der Waals surface area contributed by atoms with Crippen LogP contribution in [0.25, 0.3) is 0 Å². The third-order valence-corrected chi connectivity index (χ3v) is 3.58. The van der Waals surface area contributed by atoms with Gasteiger partial charge in [0, 0.05) is 18.3 Å². The first kappa shape index (κ1) is 19.8. The second-order valence-electron chi connectivity index (χ2n) is 5.77. The highest BCUT2D eigenvalue weighted by atomic mass is 15.2. The molecule has 117 valence electrons. The number of rotatable bonds is 11. The second kappa shape index (κ2) is 11.5. The maximum Gasteiger partial charge on any atom is 0.154 e. The molecule has 0 aliphatic carbocycles. The number of nitrogens with zero attached hydrogens (tertiary/aromatic N) is 1. The molecule has 0 fully saturated rings. The van der Waals surface area contributed by atoms with E-state index in [1.807, 2.05) is 18.2 Å². The van der Waals surface area contributed by atoms with Crippen molar-refractivity contribution in [3.63, 3.8) is 0 Å². The van der Waals surface area contributed by atoms with Gasteiger partial charge in [0.15, 0.2) is 7.28 Å². The van der Waals surface area contributed by atoms with Crippen LogP contribution in [-0.4, -0.2) is 24.8 Å². The summed E-state index contributed by atoms with van der Waals surface area (Å²) in [6.07, 6.45) is 11.3. The van der Waals surface area contributed by atoms with Crippen LogP contribution < -0.4 is 0 Å². The molecule has 0 unspecified atom stereocenters. The lowest BCUT2D eigenvalue weighted by molar-refractivity contribution is 0.221. The molecule has 0 heterocycles. The van der Waals surface area contributed by atoms with Crippen molar-refractivity contribution >= 4 is 7.28 Å². The zero-order valence-electron chi connectivity index (χ0n) is 14.7. The van der Waals surface area contributed by atoms with Crippen LogP contribution in [0.3, 0.4) is 0 Å². The fraction of sp³-hybridized carbons (Fsp3) is 0.579. The van der Waals surface area contributed by atoms with Gasteiger partial charge in [-0.05, 0) is 24.8 Å². The Hall–Kier alpha value is -1.18. The zero-order chi connectivity index (χ0) is 16.3. The fourth-order valence-corrected chi connectivity index (χ4v) is 2.62. The number of hydrogen-bond acceptors (Lipinski definition) is 1. The van der Waals surface area contributed by atoms with E-state index in [-0.39, 0.29) is 0 Å². The molecule has 0 atom stereocenters. The summed E-state index contributed by atoms with van der Waals surface area (Å²) in [7, 11) is 2.27. The van der Waals surface area contributed by atoms with Crippen molar-refractivity contribution in [1.82, 2.24) is 4.90 Å². The van der Waals surface area contributed by atoms with Gasteiger partial charge in [0.25, 0.3) is 0 Å². The minimum atomic E-state index is 0.567. The van der Waals surface area contributed by atoms with E-state index < -0.39 is 0 Å². The van der Waals surface area contributed by atoms with Crippen LogP contribution in [0.1, 0.15) is 47.5 Å². The highest BCUT2D eigenvalue weighted by Gasteiger charge is 2.19. The van der Waals surface area contributed by atoms with Crippen molar-refractivity contribution in [3.05, 3.63) is 48.6 Å². The lowest BCUT2D eigenvalue weighted by Crippen LogP contribution is -2.37. The van der Waals surface area contributed by atoms with Gasteiger partial charge in [-0.2, -0.15) is 0 Å². The molecule has 0 bridgehead atoms. The van der Waals surface area contributed by atoms with Gasteiger partial charge in [0.1, 0.15) is 0 Å². The molecule has 0 aliphatic rings. The Morgan fingerprint density at radius 1 is 1.14 bits per heavy atom. The Morgan fingerprint density at radius 3 is 2.14 bits per heavy atom. The van der Waals surface area contributed by atoms with E-state index in [4.69, 9.17) is 0 Å². The lowest BCUT2D eigenvalue weighted by atomic mass is 9.65. The van der Waals surface area contributed by atoms with Crippen LogP contribution in [0.5, 0.6) is 0 Å². The minimum Gasteiger partial charge on any atom is -0.369 e. The minimum absolute atomic E-state index is 0.567. The lowest BCUT2D eigenvalue weighted by Gasteiger charge is -2.36. The van der Waals surface area contributed by atoms with Gasteiger partial charge in [-0.25, -0.2) is 0 Å². The summed E-state index contributed by atoms with van der Waals surface area (Å²) in [6, 6.07) is 0.567. The molecule has 1 nitrogen and oxygen atoms in total. The van der Waals surface area contributed by atoms with Crippen molar-refractivity contribution < 1.29 is 0 Å². The summed E-state index contributed by atoms with van der Waals surface area (Å²) >= 11 is 0. The third-order valence-electron chi connectivity index (χ3n) is 3.58. The highest BCUT2D eigenvalue weighted by Crippen LogP contribution is 2.22. The molecule has 0 aromatic carbocycles. The monoisotopic (exact) mass is 286 g/mol. The largest absolute Gasteiger partial charge is 0.369 e. The molecule has 0 aliphatic heterocycles. The van der Waals surface area contributed by atoms with Gasteiger partial charge in [0.2, 0.25) is 0 Å². The van der Waals surface area contributed by atoms with E-state index >= 15 is 0 Å². The normalized spacial score (nSPS) is 12.7.